The van der Waals surface area contributed by atoms with E-state index in [2.05, 4.69) is 15.0 Å². The molecule has 0 bridgehead atoms. The van der Waals surface area contributed by atoms with E-state index in [9.17, 15) is 18.5 Å². The van der Waals surface area contributed by atoms with Crippen molar-refractivity contribution in [1.82, 2.24) is 10.2 Å². The second kappa shape index (κ2) is 10.2. The van der Waals surface area contributed by atoms with Gasteiger partial charge in [0.15, 0.2) is 9.84 Å². The monoisotopic (exact) mass is 461 g/mol. The van der Waals surface area contributed by atoms with Gasteiger partial charge in [-0.2, -0.15) is 5.10 Å². The molecule has 32 heavy (non-hydrogen) atoms. The van der Waals surface area contributed by atoms with E-state index in [4.69, 9.17) is 9.47 Å². The third-order valence-corrected chi connectivity index (χ3v) is 5.79. The molecule has 170 valence electrons. The summed E-state index contributed by atoms with van der Waals surface area (Å²) in [6.45, 7) is 0.399. The lowest BCUT2D eigenvalue weighted by Gasteiger charge is -2.09. The molecule has 0 fully saturated rings. The fourth-order valence-electron chi connectivity index (χ4n) is 3.10. The van der Waals surface area contributed by atoms with Crippen LogP contribution in [0.15, 0.2) is 53.4 Å². The van der Waals surface area contributed by atoms with Gasteiger partial charge in [0.1, 0.15) is 5.75 Å². The summed E-state index contributed by atoms with van der Waals surface area (Å²) in [4.78, 5) is 14.7. The molecular formula is C21H23N3O7S. The molecule has 0 saturated carbocycles. The first-order valence-corrected chi connectivity index (χ1v) is 11.6. The molecule has 0 amide bonds. The van der Waals surface area contributed by atoms with E-state index in [-0.39, 0.29) is 24.7 Å². The Labute approximate surface area is 185 Å². The summed E-state index contributed by atoms with van der Waals surface area (Å²) in [6, 6.07) is 14.0. The van der Waals surface area contributed by atoms with Crippen molar-refractivity contribution in [2.45, 2.75) is 17.9 Å². The maximum Gasteiger partial charge on any atom is 0.294 e. The standard InChI is InChI=1S/C21H23N3O7S/c1-29-17-8-4-15(5-9-17)20-19(14-30-12-3-13-31-24(25)26)22-23-21(20)16-6-10-18(11-7-16)32(2,27)28/h4-11H,3,12-14H2,1-2H3,(H,22,23). The third kappa shape index (κ3) is 5.83. The summed E-state index contributed by atoms with van der Waals surface area (Å²) in [7, 11) is -1.72. The molecule has 0 aliphatic carbocycles. The quantitative estimate of drug-likeness (QED) is 0.261. The Bertz CT molecular complexity index is 1160. The topological polar surface area (TPSA) is 134 Å². The van der Waals surface area contributed by atoms with Gasteiger partial charge in [-0.1, -0.05) is 24.3 Å². The number of hydrogen-bond acceptors (Lipinski definition) is 8. The molecule has 2 aromatic carbocycles. The zero-order valence-electron chi connectivity index (χ0n) is 17.6. The van der Waals surface area contributed by atoms with Crippen molar-refractivity contribution in [3.05, 3.63) is 64.3 Å². The molecule has 11 heteroatoms. The molecule has 3 rings (SSSR count). The number of sulfone groups is 1. The molecule has 1 aromatic heterocycles. The second-order valence-electron chi connectivity index (χ2n) is 6.91. The number of H-pyrrole nitrogens is 1. The van der Waals surface area contributed by atoms with Crippen molar-refractivity contribution < 1.29 is 27.8 Å². The number of rotatable bonds is 11. The van der Waals surface area contributed by atoms with Crippen molar-refractivity contribution in [2.24, 2.45) is 0 Å². The fraction of sp³-hybridized carbons (Fsp3) is 0.286. The van der Waals surface area contributed by atoms with E-state index >= 15 is 0 Å². The summed E-state index contributed by atoms with van der Waals surface area (Å²) in [5.41, 5.74) is 3.80. The highest BCUT2D eigenvalue weighted by molar-refractivity contribution is 7.90. The Morgan fingerprint density at radius 2 is 1.69 bits per heavy atom. The minimum Gasteiger partial charge on any atom is -0.497 e. The number of methoxy groups -OCH3 is 1. The number of nitrogens with one attached hydrogen (secondary N) is 1. The van der Waals surface area contributed by atoms with Crippen LogP contribution in [0.4, 0.5) is 0 Å². The number of aromatic nitrogens is 2. The van der Waals surface area contributed by atoms with Crippen LogP contribution in [-0.4, -0.2) is 50.3 Å². The van der Waals surface area contributed by atoms with E-state index in [1.54, 1.807) is 31.4 Å². The summed E-state index contributed by atoms with van der Waals surface area (Å²) < 4.78 is 34.4. The van der Waals surface area contributed by atoms with Crippen LogP contribution in [0.3, 0.4) is 0 Å². The number of nitrogens with zero attached hydrogens (tertiary/aromatic N) is 2. The van der Waals surface area contributed by atoms with Gasteiger partial charge in [0.25, 0.3) is 5.09 Å². The number of aromatic amines is 1. The van der Waals surface area contributed by atoms with Gasteiger partial charge < -0.3 is 14.3 Å². The van der Waals surface area contributed by atoms with Gasteiger partial charge in [-0.05, 0) is 36.2 Å². The Morgan fingerprint density at radius 3 is 2.28 bits per heavy atom. The van der Waals surface area contributed by atoms with Gasteiger partial charge >= 0.3 is 0 Å². The molecule has 0 aliphatic heterocycles. The minimum absolute atomic E-state index is 0.0448. The maximum absolute atomic E-state index is 11.8. The molecule has 0 spiro atoms. The highest BCUT2D eigenvalue weighted by Gasteiger charge is 2.18. The normalized spacial score (nSPS) is 11.3. The van der Waals surface area contributed by atoms with E-state index in [0.29, 0.717) is 23.6 Å². The molecule has 10 nitrogen and oxygen atoms in total. The molecule has 0 atom stereocenters. The van der Waals surface area contributed by atoms with E-state index in [1.165, 1.54) is 0 Å². The molecule has 0 unspecified atom stereocenters. The average molecular weight is 461 g/mol. The smallest absolute Gasteiger partial charge is 0.294 e. The van der Waals surface area contributed by atoms with E-state index in [1.807, 2.05) is 24.3 Å². The van der Waals surface area contributed by atoms with Crippen LogP contribution in [0.5, 0.6) is 5.75 Å². The lowest BCUT2D eigenvalue weighted by atomic mass is 9.99. The van der Waals surface area contributed by atoms with Crippen LogP contribution in [-0.2, 0) is 26.0 Å². The molecule has 3 aromatic rings. The highest BCUT2D eigenvalue weighted by atomic mass is 32.2. The first-order valence-electron chi connectivity index (χ1n) is 9.67. The Morgan fingerprint density at radius 1 is 1.03 bits per heavy atom. The minimum atomic E-state index is -3.30. The van der Waals surface area contributed by atoms with Gasteiger partial charge in [0.05, 0.1) is 36.6 Å². The van der Waals surface area contributed by atoms with Crippen LogP contribution in [0.2, 0.25) is 0 Å². The molecule has 0 radical (unpaired) electrons. The van der Waals surface area contributed by atoms with Gasteiger partial charge in [-0.25, -0.2) is 8.42 Å². The highest BCUT2D eigenvalue weighted by Crippen LogP contribution is 2.35. The first-order chi connectivity index (χ1) is 15.3. The van der Waals surface area contributed by atoms with Crippen molar-refractivity contribution in [2.75, 3.05) is 26.6 Å². The van der Waals surface area contributed by atoms with Crippen molar-refractivity contribution >= 4 is 9.84 Å². The van der Waals surface area contributed by atoms with Gasteiger partial charge in [0.2, 0.25) is 0 Å². The SMILES string of the molecule is COc1ccc(-c2c(COCCCO[N+](=O)[O-])n[nH]c2-c2ccc(S(C)(=O)=O)cc2)cc1. The first kappa shape index (κ1) is 23.2. The number of ether oxygens (including phenoxy) is 2. The zero-order chi connectivity index (χ0) is 23.1. The van der Waals surface area contributed by atoms with Gasteiger partial charge in [-0.15, -0.1) is 10.1 Å². The maximum atomic E-state index is 11.8. The Balaban J connectivity index is 1.87. The van der Waals surface area contributed by atoms with Crippen molar-refractivity contribution in [3.63, 3.8) is 0 Å². The third-order valence-electron chi connectivity index (χ3n) is 4.66. The molecule has 0 saturated heterocycles. The van der Waals surface area contributed by atoms with Crippen LogP contribution < -0.4 is 4.74 Å². The van der Waals surface area contributed by atoms with Crippen LogP contribution in [0.1, 0.15) is 12.1 Å². The summed E-state index contributed by atoms with van der Waals surface area (Å²) in [5, 5.41) is 16.8. The van der Waals surface area contributed by atoms with Gasteiger partial charge in [-0.3, -0.25) is 5.10 Å². The predicted octanol–water partition coefficient (Wildman–Crippen LogP) is 3.27. The summed E-state index contributed by atoms with van der Waals surface area (Å²) in [6.07, 6.45) is 1.52. The van der Waals surface area contributed by atoms with Crippen molar-refractivity contribution in [1.29, 1.82) is 0 Å². The molecule has 1 N–H and O–H groups in total. The fourth-order valence-corrected chi connectivity index (χ4v) is 3.73. The number of benzene rings is 2. The molecule has 1 heterocycles. The number of hydrogen-bond donors (Lipinski definition) is 1. The molecular weight excluding hydrogens is 438 g/mol. The summed E-state index contributed by atoms with van der Waals surface area (Å²) >= 11 is 0. The van der Waals surface area contributed by atoms with Crippen LogP contribution in [0.25, 0.3) is 22.4 Å². The summed E-state index contributed by atoms with van der Waals surface area (Å²) in [5.74, 6) is 0.708. The lowest BCUT2D eigenvalue weighted by molar-refractivity contribution is -0.757. The van der Waals surface area contributed by atoms with E-state index in [0.717, 1.165) is 22.9 Å². The van der Waals surface area contributed by atoms with E-state index < -0.39 is 14.9 Å². The zero-order valence-corrected chi connectivity index (χ0v) is 18.4. The Hall–Kier alpha value is -3.44. The molecule has 0 aliphatic rings. The van der Waals surface area contributed by atoms with Crippen LogP contribution >= 0.6 is 0 Å². The largest absolute Gasteiger partial charge is 0.497 e. The predicted molar refractivity (Wildman–Crippen MR) is 116 cm³/mol. The average Bonchev–Trinajstić information content (AvgIpc) is 3.19. The van der Waals surface area contributed by atoms with Gasteiger partial charge in [0, 0.05) is 24.0 Å². The Kier molecular flexibility index (Phi) is 7.44. The lowest BCUT2D eigenvalue weighted by Crippen LogP contribution is -2.05. The van der Waals surface area contributed by atoms with Crippen molar-refractivity contribution in [3.8, 4) is 28.1 Å². The van der Waals surface area contributed by atoms with Crippen LogP contribution in [0, 0.1) is 10.1 Å². The second-order valence-corrected chi connectivity index (χ2v) is 8.92.